The Hall–Kier alpha value is -1.30. The number of benzene rings is 1. The quantitative estimate of drug-likeness (QED) is 0.818. The predicted molar refractivity (Wildman–Crippen MR) is 62.6 cm³/mol. The number of aliphatic hydroxyl groups is 2. The van der Waals surface area contributed by atoms with Crippen molar-refractivity contribution < 1.29 is 24.4 Å². The van der Waals surface area contributed by atoms with Gasteiger partial charge < -0.3 is 24.4 Å². The fraction of sp³-hybridized carbons (Fsp3) is 0.538. The van der Waals surface area contributed by atoms with Gasteiger partial charge in [-0.2, -0.15) is 0 Å². The summed E-state index contributed by atoms with van der Waals surface area (Å²) >= 11 is 0. The molecular formula is C13H16O5. The SMILES string of the molecule is Cc1cc2c(cc1C1CC(O)C(CO)O1)OCO2. The Bertz CT molecular complexity index is 459. The first-order chi connectivity index (χ1) is 8.69. The zero-order chi connectivity index (χ0) is 12.7. The minimum absolute atomic E-state index is 0.165. The summed E-state index contributed by atoms with van der Waals surface area (Å²) < 4.78 is 16.3. The topological polar surface area (TPSA) is 68.2 Å². The van der Waals surface area contributed by atoms with Crippen molar-refractivity contribution in [2.24, 2.45) is 0 Å². The first-order valence-electron chi connectivity index (χ1n) is 6.03. The smallest absolute Gasteiger partial charge is 0.231 e. The molecule has 2 aliphatic rings. The monoisotopic (exact) mass is 252 g/mol. The van der Waals surface area contributed by atoms with Crippen LogP contribution in [0.15, 0.2) is 12.1 Å². The van der Waals surface area contributed by atoms with Crippen LogP contribution in [0.3, 0.4) is 0 Å². The van der Waals surface area contributed by atoms with E-state index >= 15 is 0 Å². The van der Waals surface area contributed by atoms with E-state index in [0.717, 1.165) is 16.9 Å². The molecule has 0 saturated carbocycles. The molecule has 5 nitrogen and oxygen atoms in total. The highest BCUT2D eigenvalue weighted by Gasteiger charge is 2.35. The summed E-state index contributed by atoms with van der Waals surface area (Å²) in [5.74, 6) is 1.45. The third kappa shape index (κ3) is 1.84. The Morgan fingerprint density at radius 2 is 2.00 bits per heavy atom. The Morgan fingerprint density at radius 3 is 2.67 bits per heavy atom. The van der Waals surface area contributed by atoms with Gasteiger partial charge >= 0.3 is 0 Å². The van der Waals surface area contributed by atoms with Crippen molar-refractivity contribution in [3.05, 3.63) is 23.3 Å². The molecule has 2 N–H and O–H groups in total. The maximum atomic E-state index is 9.76. The third-order valence-corrected chi connectivity index (χ3v) is 3.51. The van der Waals surface area contributed by atoms with E-state index in [1.54, 1.807) is 0 Å². The van der Waals surface area contributed by atoms with Gasteiger partial charge in [0.2, 0.25) is 6.79 Å². The number of hydrogen-bond acceptors (Lipinski definition) is 5. The second kappa shape index (κ2) is 4.42. The van der Waals surface area contributed by atoms with Gasteiger partial charge in [0.25, 0.3) is 0 Å². The second-order valence-corrected chi connectivity index (χ2v) is 4.71. The lowest BCUT2D eigenvalue weighted by atomic mass is 9.99. The predicted octanol–water partition coefficient (Wildman–Crippen LogP) is 0.907. The summed E-state index contributed by atoms with van der Waals surface area (Å²) in [4.78, 5) is 0. The molecule has 0 amide bonds. The minimum Gasteiger partial charge on any atom is -0.454 e. The molecule has 0 bridgehead atoms. The van der Waals surface area contributed by atoms with Crippen LogP contribution in [0.5, 0.6) is 11.5 Å². The molecule has 1 saturated heterocycles. The molecule has 2 aliphatic heterocycles. The second-order valence-electron chi connectivity index (χ2n) is 4.71. The van der Waals surface area contributed by atoms with Crippen molar-refractivity contribution >= 4 is 0 Å². The van der Waals surface area contributed by atoms with E-state index in [1.807, 2.05) is 19.1 Å². The maximum Gasteiger partial charge on any atom is 0.231 e. The highest BCUT2D eigenvalue weighted by molar-refractivity contribution is 5.49. The Kier molecular flexibility index (Phi) is 2.89. The van der Waals surface area contributed by atoms with Crippen LogP contribution in [0.4, 0.5) is 0 Å². The molecule has 0 radical (unpaired) electrons. The average Bonchev–Trinajstić information content (AvgIpc) is 2.93. The van der Waals surface area contributed by atoms with Crippen LogP contribution >= 0.6 is 0 Å². The summed E-state index contributed by atoms with van der Waals surface area (Å²) in [7, 11) is 0. The van der Waals surface area contributed by atoms with Gasteiger partial charge in [-0.15, -0.1) is 0 Å². The third-order valence-electron chi connectivity index (χ3n) is 3.51. The lowest BCUT2D eigenvalue weighted by Crippen LogP contribution is -2.24. The molecule has 0 aliphatic carbocycles. The molecule has 1 fully saturated rings. The summed E-state index contributed by atoms with van der Waals surface area (Å²) in [5, 5.41) is 18.9. The van der Waals surface area contributed by atoms with Gasteiger partial charge in [0.15, 0.2) is 11.5 Å². The van der Waals surface area contributed by atoms with Crippen molar-refractivity contribution in [3.63, 3.8) is 0 Å². The zero-order valence-corrected chi connectivity index (χ0v) is 10.1. The van der Waals surface area contributed by atoms with E-state index in [-0.39, 0.29) is 19.5 Å². The fourth-order valence-corrected chi connectivity index (χ4v) is 2.50. The summed E-state index contributed by atoms with van der Waals surface area (Å²) in [5.41, 5.74) is 2.02. The molecule has 2 heterocycles. The van der Waals surface area contributed by atoms with Gasteiger partial charge in [-0.1, -0.05) is 0 Å². The van der Waals surface area contributed by atoms with Crippen LogP contribution in [0, 0.1) is 6.92 Å². The largest absolute Gasteiger partial charge is 0.454 e. The lowest BCUT2D eigenvalue weighted by Gasteiger charge is -2.15. The molecule has 3 unspecified atom stereocenters. The van der Waals surface area contributed by atoms with Crippen LogP contribution in [-0.2, 0) is 4.74 Å². The Balaban J connectivity index is 1.89. The van der Waals surface area contributed by atoms with Crippen LogP contribution in [-0.4, -0.2) is 35.8 Å². The molecule has 1 aromatic rings. The van der Waals surface area contributed by atoms with E-state index in [1.165, 1.54) is 0 Å². The van der Waals surface area contributed by atoms with E-state index in [4.69, 9.17) is 19.3 Å². The minimum atomic E-state index is -0.621. The van der Waals surface area contributed by atoms with Gasteiger partial charge in [-0.05, 0) is 30.2 Å². The molecular weight excluding hydrogens is 236 g/mol. The number of hydrogen-bond donors (Lipinski definition) is 2. The van der Waals surface area contributed by atoms with E-state index in [9.17, 15) is 5.11 Å². The highest BCUT2D eigenvalue weighted by Crippen LogP contribution is 2.41. The maximum absolute atomic E-state index is 9.76. The van der Waals surface area contributed by atoms with E-state index in [2.05, 4.69) is 0 Å². The zero-order valence-electron chi connectivity index (χ0n) is 10.1. The summed E-state index contributed by atoms with van der Waals surface area (Å²) in [6.07, 6.45) is -0.831. The van der Waals surface area contributed by atoms with E-state index in [0.29, 0.717) is 12.2 Å². The Labute approximate surface area is 105 Å². The van der Waals surface area contributed by atoms with Crippen LogP contribution < -0.4 is 9.47 Å². The van der Waals surface area contributed by atoms with Crippen molar-refractivity contribution in [1.29, 1.82) is 0 Å². The van der Waals surface area contributed by atoms with Crippen LogP contribution in [0.25, 0.3) is 0 Å². The molecule has 3 atom stereocenters. The first kappa shape index (κ1) is 11.8. The van der Waals surface area contributed by atoms with Gasteiger partial charge in [0.1, 0.15) is 6.10 Å². The number of fused-ring (bicyclic) bond motifs is 1. The lowest BCUT2D eigenvalue weighted by molar-refractivity contribution is -0.0227. The van der Waals surface area contributed by atoms with Gasteiger partial charge in [-0.25, -0.2) is 0 Å². The number of ether oxygens (including phenoxy) is 3. The molecule has 18 heavy (non-hydrogen) atoms. The number of aryl methyl sites for hydroxylation is 1. The van der Waals surface area contributed by atoms with Gasteiger partial charge in [0.05, 0.1) is 18.8 Å². The number of aliphatic hydroxyl groups excluding tert-OH is 2. The number of rotatable bonds is 2. The van der Waals surface area contributed by atoms with Crippen molar-refractivity contribution in [1.82, 2.24) is 0 Å². The normalized spacial score (nSPS) is 29.8. The summed E-state index contributed by atoms with van der Waals surface area (Å²) in [6.45, 7) is 2.05. The van der Waals surface area contributed by atoms with Crippen molar-refractivity contribution in [2.45, 2.75) is 31.7 Å². The average molecular weight is 252 g/mol. The molecule has 98 valence electrons. The molecule has 3 rings (SSSR count). The van der Waals surface area contributed by atoms with Crippen molar-refractivity contribution in [2.75, 3.05) is 13.4 Å². The molecule has 1 aromatic carbocycles. The van der Waals surface area contributed by atoms with Crippen LogP contribution in [0.1, 0.15) is 23.7 Å². The standard InChI is InChI=1S/C13H16O5/c1-7-2-11-12(17-6-16-11)3-8(7)10-4-9(15)13(5-14)18-10/h2-3,9-10,13-15H,4-6H2,1H3. The van der Waals surface area contributed by atoms with Crippen LogP contribution in [0.2, 0.25) is 0 Å². The van der Waals surface area contributed by atoms with Crippen molar-refractivity contribution in [3.8, 4) is 11.5 Å². The van der Waals surface area contributed by atoms with E-state index < -0.39 is 12.2 Å². The molecule has 0 spiro atoms. The molecule has 0 aromatic heterocycles. The molecule has 5 heteroatoms. The highest BCUT2D eigenvalue weighted by atomic mass is 16.7. The Morgan fingerprint density at radius 1 is 1.28 bits per heavy atom. The van der Waals surface area contributed by atoms with Gasteiger partial charge in [-0.3, -0.25) is 0 Å². The fourth-order valence-electron chi connectivity index (χ4n) is 2.50. The first-order valence-corrected chi connectivity index (χ1v) is 6.03. The summed E-state index contributed by atoms with van der Waals surface area (Å²) in [6, 6.07) is 3.81. The van der Waals surface area contributed by atoms with Gasteiger partial charge in [0, 0.05) is 6.42 Å².